The number of rotatable bonds is 5. The lowest BCUT2D eigenvalue weighted by Gasteiger charge is -2.25. The van der Waals surface area contributed by atoms with Gasteiger partial charge in [-0.15, -0.1) is 0 Å². The third kappa shape index (κ3) is 3.81. The van der Waals surface area contributed by atoms with Crippen molar-refractivity contribution in [3.63, 3.8) is 0 Å². The SMILES string of the molecule is NC(=O)C(CC1CCCCC1)NC(=O)c1ccno1. The summed E-state index contributed by atoms with van der Waals surface area (Å²) < 4.78 is 4.75. The molecule has 2 rings (SSSR count). The first-order chi connectivity index (χ1) is 9.16. The number of nitrogens with two attached hydrogens (primary N) is 1. The molecule has 1 aliphatic rings. The zero-order valence-electron chi connectivity index (χ0n) is 10.8. The monoisotopic (exact) mass is 265 g/mol. The molecule has 1 heterocycles. The van der Waals surface area contributed by atoms with Gasteiger partial charge < -0.3 is 15.6 Å². The van der Waals surface area contributed by atoms with Crippen LogP contribution < -0.4 is 11.1 Å². The standard InChI is InChI=1S/C13H19N3O3/c14-12(17)10(8-9-4-2-1-3-5-9)16-13(18)11-6-7-15-19-11/h6-7,9-10H,1-5,8H2,(H2,14,17)(H,16,18). The molecule has 0 aliphatic heterocycles. The molecular weight excluding hydrogens is 246 g/mol. The molecule has 1 unspecified atom stereocenters. The van der Waals surface area contributed by atoms with E-state index in [4.69, 9.17) is 10.3 Å². The van der Waals surface area contributed by atoms with Gasteiger partial charge in [0, 0.05) is 6.07 Å². The summed E-state index contributed by atoms with van der Waals surface area (Å²) in [6, 6.07) is 0.814. The summed E-state index contributed by atoms with van der Waals surface area (Å²) in [5.41, 5.74) is 5.36. The van der Waals surface area contributed by atoms with Crippen LogP contribution in [0.4, 0.5) is 0 Å². The van der Waals surface area contributed by atoms with E-state index in [2.05, 4.69) is 10.5 Å². The Bertz CT molecular complexity index is 424. The number of aromatic nitrogens is 1. The van der Waals surface area contributed by atoms with Gasteiger partial charge in [-0.25, -0.2) is 0 Å². The third-order valence-electron chi connectivity index (χ3n) is 3.60. The van der Waals surface area contributed by atoms with Gasteiger partial charge in [0.15, 0.2) is 0 Å². The number of nitrogens with zero attached hydrogens (tertiary/aromatic N) is 1. The molecule has 0 bridgehead atoms. The first kappa shape index (κ1) is 13.6. The molecule has 0 saturated heterocycles. The van der Waals surface area contributed by atoms with Crippen LogP contribution in [-0.4, -0.2) is 23.0 Å². The van der Waals surface area contributed by atoms with E-state index in [9.17, 15) is 9.59 Å². The van der Waals surface area contributed by atoms with Crippen molar-refractivity contribution >= 4 is 11.8 Å². The first-order valence-corrected chi connectivity index (χ1v) is 6.67. The minimum atomic E-state index is -0.638. The smallest absolute Gasteiger partial charge is 0.290 e. The molecule has 1 aliphatic carbocycles. The van der Waals surface area contributed by atoms with E-state index in [1.165, 1.54) is 31.5 Å². The fraction of sp³-hybridized carbons (Fsp3) is 0.615. The maximum Gasteiger partial charge on any atom is 0.290 e. The zero-order valence-corrected chi connectivity index (χ0v) is 10.8. The molecular formula is C13H19N3O3. The number of hydrogen-bond donors (Lipinski definition) is 2. The summed E-state index contributed by atoms with van der Waals surface area (Å²) in [5, 5.41) is 6.08. The molecule has 1 atom stereocenters. The summed E-state index contributed by atoms with van der Waals surface area (Å²) in [7, 11) is 0. The summed E-state index contributed by atoms with van der Waals surface area (Å²) in [5.74, 6) is -0.397. The van der Waals surface area contributed by atoms with Gasteiger partial charge in [-0.2, -0.15) is 0 Å². The van der Waals surface area contributed by atoms with Gasteiger partial charge in [0.05, 0.1) is 6.20 Å². The van der Waals surface area contributed by atoms with Crippen LogP contribution in [0.5, 0.6) is 0 Å². The molecule has 0 aromatic carbocycles. The lowest BCUT2D eigenvalue weighted by atomic mass is 9.84. The Kier molecular flexibility index (Phi) is 4.54. The molecule has 0 radical (unpaired) electrons. The summed E-state index contributed by atoms with van der Waals surface area (Å²) in [4.78, 5) is 23.2. The number of carbonyl (C=O) groups excluding carboxylic acids is 2. The van der Waals surface area contributed by atoms with Crippen molar-refractivity contribution in [2.24, 2.45) is 11.7 Å². The summed E-state index contributed by atoms with van der Waals surface area (Å²) in [6.07, 6.45) is 7.81. The lowest BCUT2D eigenvalue weighted by Crippen LogP contribution is -2.45. The Morgan fingerprint density at radius 2 is 2.16 bits per heavy atom. The van der Waals surface area contributed by atoms with E-state index in [1.54, 1.807) is 0 Å². The Morgan fingerprint density at radius 1 is 1.42 bits per heavy atom. The number of primary amides is 1. The minimum Gasteiger partial charge on any atom is -0.368 e. The highest BCUT2D eigenvalue weighted by Crippen LogP contribution is 2.27. The van der Waals surface area contributed by atoms with Crippen molar-refractivity contribution in [1.82, 2.24) is 10.5 Å². The average Bonchev–Trinajstić information content (AvgIpc) is 2.93. The van der Waals surface area contributed by atoms with Crippen LogP contribution in [0.25, 0.3) is 0 Å². The topological polar surface area (TPSA) is 98.2 Å². The van der Waals surface area contributed by atoms with Crippen molar-refractivity contribution in [3.05, 3.63) is 18.0 Å². The zero-order chi connectivity index (χ0) is 13.7. The molecule has 6 nitrogen and oxygen atoms in total. The van der Waals surface area contributed by atoms with Gasteiger partial charge in [-0.3, -0.25) is 9.59 Å². The highest BCUT2D eigenvalue weighted by Gasteiger charge is 2.25. The normalized spacial score (nSPS) is 17.9. The molecule has 1 saturated carbocycles. The van der Waals surface area contributed by atoms with E-state index in [0.29, 0.717) is 12.3 Å². The molecule has 6 heteroatoms. The molecule has 1 aromatic heterocycles. The van der Waals surface area contributed by atoms with Crippen LogP contribution in [0.3, 0.4) is 0 Å². The molecule has 1 aromatic rings. The quantitative estimate of drug-likeness (QED) is 0.836. The Morgan fingerprint density at radius 3 is 2.74 bits per heavy atom. The fourth-order valence-corrected chi connectivity index (χ4v) is 2.56. The molecule has 3 N–H and O–H groups in total. The highest BCUT2D eigenvalue weighted by atomic mass is 16.5. The molecule has 1 fully saturated rings. The van der Waals surface area contributed by atoms with Gasteiger partial charge in [0.2, 0.25) is 11.7 Å². The van der Waals surface area contributed by atoms with Crippen LogP contribution in [0.2, 0.25) is 0 Å². The number of carbonyl (C=O) groups is 2. The van der Waals surface area contributed by atoms with Crippen LogP contribution in [0, 0.1) is 5.92 Å². The maximum absolute atomic E-state index is 11.8. The van der Waals surface area contributed by atoms with E-state index >= 15 is 0 Å². The van der Waals surface area contributed by atoms with E-state index in [0.717, 1.165) is 12.8 Å². The van der Waals surface area contributed by atoms with Gasteiger partial charge in [-0.05, 0) is 12.3 Å². The first-order valence-electron chi connectivity index (χ1n) is 6.67. The van der Waals surface area contributed by atoms with Crippen molar-refractivity contribution in [2.45, 2.75) is 44.6 Å². The van der Waals surface area contributed by atoms with Crippen LogP contribution in [0.15, 0.2) is 16.8 Å². The van der Waals surface area contributed by atoms with Crippen molar-refractivity contribution < 1.29 is 14.1 Å². The second kappa shape index (κ2) is 6.36. The molecule has 104 valence electrons. The van der Waals surface area contributed by atoms with Gasteiger partial charge in [0.1, 0.15) is 6.04 Å². The minimum absolute atomic E-state index is 0.0925. The van der Waals surface area contributed by atoms with E-state index in [-0.39, 0.29) is 5.76 Å². The fourth-order valence-electron chi connectivity index (χ4n) is 2.56. The molecule has 2 amide bonds. The van der Waals surface area contributed by atoms with Crippen LogP contribution in [-0.2, 0) is 4.79 Å². The van der Waals surface area contributed by atoms with Gasteiger partial charge in [-0.1, -0.05) is 37.3 Å². The van der Waals surface area contributed by atoms with Gasteiger partial charge in [0.25, 0.3) is 5.91 Å². The second-order valence-electron chi connectivity index (χ2n) is 5.04. The maximum atomic E-state index is 11.8. The van der Waals surface area contributed by atoms with Crippen molar-refractivity contribution in [1.29, 1.82) is 0 Å². The number of hydrogen-bond acceptors (Lipinski definition) is 4. The van der Waals surface area contributed by atoms with E-state index in [1.807, 2.05) is 0 Å². The van der Waals surface area contributed by atoms with E-state index < -0.39 is 17.9 Å². The Balaban J connectivity index is 1.92. The molecule has 0 spiro atoms. The number of nitrogens with one attached hydrogen (secondary N) is 1. The average molecular weight is 265 g/mol. The van der Waals surface area contributed by atoms with Gasteiger partial charge >= 0.3 is 0 Å². The van der Waals surface area contributed by atoms with Crippen LogP contribution >= 0.6 is 0 Å². The summed E-state index contributed by atoms with van der Waals surface area (Å²) >= 11 is 0. The second-order valence-corrected chi connectivity index (χ2v) is 5.04. The lowest BCUT2D eigenvalue weighted by molar-refractivity contribution is -0.120. The largest absolute Gasteiger partial charge is 0.368 e. The van der Waals surface area contributed by atoms with Crippen molar-refractivity contribution in [2.75, 3.05) is 0 Å². The predicted molar refractivity (Wildman–Crippen MR) is 68.1 cm³/mol. The molecule has 19 heavy (non-hydrogen) atoms. The number of amides is 2. The Labute approximate surface area is 111 Å². The third-order valence-corrected chi connectivity index (χ3v) is 3.60. The van der Waals surface area contributed by atoms with Crippen molar-refractivity contribution in [3.8, 4) is 0 Å². The van der Waals surface area contributed by atoms with Crippen LogP contribution in [0.1, 0.15) is 49.1 Å². The predicted octanol–water partition coefficient (Wildman–Crippen LogP) is 1.23. The summed E-state index contributed by atoms with van der Waals surface area (Å²) in [6.45, 7) is 0. The Hall–Kier alpha value is -1.85. The highest BCUT2D eigenvalue weighted by molar-refractivity contribution is 5.94.